The highest BCUT2D eigenvalue weighted by Crippen LogP contribution is 2.35. The van der Waals surface area contributed by atoms with Gasteiger partial charge in [-0.05, 0) is 23.8 Å². The normalized spacial score (nSPS) is 10.1. The lowest BCUT2D eigenvalue weighted by molar-refractivity contribution is 1.10. The van der Waals surface area contributed by atoms with Gasteiger partial charge in [-0.3, -0.25) is 9.97 Å². The maximum atomic E-state index is 9.70. The second-order valence-electron chi connectivity index (χ2n) is 5.16. The Hall–Kier alpha value is -3.13. The number of nitrogen functional groups attached to an aromatic ring is 1. The van der Waals surface area contributed by atoms with Crippen molar-refractivity contribution >= 4 is 29.2 Å². The molecule has 26 heavy (non-hydrogen) atoms. The van der Waals surface area contributed by atoms with Crippen LogP contribution in [0.4, 0.5) is 5.82 Å². The molecule has 3 rings (SSSR count). The average Bonchev–Trinajstić information content (AvgIpc) is 2.67. The van der Waals surface area contributed by atoms with Crippen LogP contribution in [0.3, 0.4) is 0 Å². The summed E-state index contributed by atoms with van der Waals surface area (Å²) in [5.41, 5.74) is 8.16. The Bertz CT molecular complexity index is 1020. The van der Waals surface area contributed by atoms with Gasteiger partial charge >= 0.3 is 0 Å². The van der Waals surface area contributed by atoms with Crippen LogP contribution < -0.4 is 5.73 Å². The molecular weight excluding hydrogens is 368 g/mol. The predicted molar refractivity (Wildman–Crippen MR) is 100 cm³/mol. The zero-order chi connectivity index (χ0) is 18.5. The first-order valence-corrected chi connectivity index (χ1v) is 8.77. The molecule has 0 amide bonds. The Morgan fingerprint density at radius 2 is 1.92 bits per heavy atom. The van der Waals surface area contributed by atoms with Crippen LogP contribution in [0.1, 0.15) is 16.7 Å². The number of hydrogen-bond acceptors (Lipinski definition) is 7. The molecule has 0 aliphatic carbocycles. The summed E-state index contributed by atoms with van der Waals surface area (Å²) >= 11 is 7.24. The van der Waals surface area contributed by atoms with Gasteiger partial charge in [0, 0.05) is 29.9 Å². The number of thioether (sulfide) groups is 1. The topological polar surface area (TPSA) is 112 Å². The van der Waals surface area contributed by atoms with E-state index in [9.17, 15) is 10.5 Å². The summed E-state index contributed by atoms with van der Waals surface area (Å²) in [4.78, 5) is 12.6. The number of anilines is 1. The van der Waals surface area contributed by atoms with Gasteiger partial charge in [0.1, 0.15) is 28.5 Å². The summed E-state index contributed by atoms with van der Waals surface area (Å²) in [6.45, 7) is 0. The SMILES string of the molecule is N#Cc1c(N)nc(SCc2cccnc2)c(C#N)c1-c1ccc(Cl)cn1. The standard InChI is InChI=1S/C18H11ClN6S/c19-12-3-4-15(24-9-12)16-13(6-20)17(22)25-18(14(16)7-21)26-10-11-2-1-5-23-8-11/h1-5,8-9H,10H2,(H2,22,25). The van der Waals surface area contributed by atoms with Crippen molar-refractivity contribution in [1.82, 2.24) is 15.0 Å². The third-order valence-electron chi connectivity index (χ3n) is 3.50. The number of hydrogen-bond donors (Lipinski definition) is 1. The molecule has 6 nitrogen and oxygen atoms in total. The number of aromatic nitrogens is 3. The number of halogens is 1. The average molecular weight is 379 g/mol. The van der Waals surface area contributed by atoms with Gasteiger partial charge in [0.05, 0.1) is 16.3 Å². The van der Waals surface area contributed by atoms with E-state index in [1.165, 1.54) is 18.0 Å². The van der Waals surface area contributed by atoms with Crippen molar-refractivity contribution in [3.05, 3.63) is 64.6 Å². The van der Waals surface area contributed by atoms with Crippen molar-refractivity contribution in [2.45, 2.75) is 10.8 Å². The van der Waals surface area contributed by atoms with E-state index in [4.69, 9.17) is 17.3 Å². The highest BCUT2D eigenvalue weighted by molar-refractivity contribution is 7.98. The van der Waals surface area contributed by atoms with Crippen molar-refractivity contribution in [2.24, 2.45) is 0 Å². The maximum Gasteiger partial charge on any atom is 0.143 e. The number of nitrogens with zero attached hydrogens (tertiary/aromatic N) is 5. The predicted octanol–water partition coefficient (Wildman–Crippen LogP) is 3.81. The minimum Gasteiger partial charge on any atom is -0.383 e. The highest BCUT2D eigenvalue weighted by atomic mass is 35.5. The van der Waals surface area contributed by atoms with Gasteiger partial charge in [-0.2, -0.15) is 10.5 Å². The van der Waals surface area contributed by atoms with E-state index in [0.29, 0.717) is 27.1 Å². The van der Waals surface area contributed by atoms with Crippen molar-refractivity contribution in [3.8, 4) is 23.4 Å². The van der Waals surface area contributed by atoms with E-state index in [1.807, 2.05) is 18.2 Å². The van der Waals surface area contributed by atoms with Gasteiger partial charge in [0.15, 0.2) is 0 Å². The molecule has 0 saturated carbocycles. The molecule has 0 bridgehead atoms. The molecule has 0 atom stereocenters. The van der Waals surface area contributed by atoms with Crippen LogP contribution in [0.5, 0.6) is 0 Å². The van der Waals surface area contributed by atoms with Crippen LogP contribution in [0.2, 0.25) is 5.02 Å². The van der Waals surface area contributed by atoms with Crippen LogP contribution in [0, 0.1) is 22.7 Å². The molecule has 3 aromatic rings. The summed E-state index contributed by atoms with van der Waals surface area (Å²) < 4.78 is 0. The van der Waals surface area contributed by atoms with Gasteiger partial charge in [-0.25, -0.2) is 4.98 Å². The summed E-state index contributed by atoms with van der Waals surface area (Å²) in [5.74, 6) is 0.626. The molecule has 3 aromatic heterocycles. The molecule has 0 radical (unpaired) electrons. The first-order chi connectivity index (χ1) is 12.6. The van der Waals surface area contributed by atoms with E-state index < -0.39 is 0 Å². The van der Waals surface area contributed by atoms with Crippen LogP contribution in [0.25, 0.3) is 11.3 Å². The van der Waals surface area contributed by atoms with Crippen LogP contribution in [-0.4, -0.2) is 15.0 Å². The van der Waals surface area contributed by atoms with E-state index in [0.717, 1.165) is 5.56 Å². The molecule has 0 unspecified atom stereocenters. The zero-order valence-electron chi connectivity index (χ0n) is 13.3. The van der Waals surface area contributed by atoms with Gasteiger partial charge in [-0.1, -0.05) is 17.7 Å². The Kier molecular flexibility index (Phi) is 5.33. The summed E-state index contributed by atoms with van der Waals surface area (Å²) in [6.07, 6.45) is 4.89. The lowest BCUT2D eigenvalue weighted by atomic mass is 10.0. The smallest absolute Gasteiger partial charge is 0.143 e. The molecular formula is C18H11ClN6S. The van der Waals surface area contributed by atoms with Crippen molar-refractivity contribution in [1.29, 1.82) is 10.5 Å². The van der Waals surface area contributed by atoms with E-state index >= 15 is 0 Å². The fraction of sp³-hybridized carbons (Fsp3) is 0.0556. The first-order valence-electron chi connectivity index (χ1n) is 7.41. The van der Waals surface area contributed by atoms with Crippen molar-refractivity contribution in [3.63, 3.8) is 0 Å². The van der Waals surface area contributed by atoms with Crippen LogP contribution >= 0.6 is 23.4 Å². The van der Waals surface area contributed by atoms with Crippen molar-refractivity contribution in [2.75, 3.05) is 5.73 Å². The minimum absolute atomic E-state index is 0.0620. The van der Waals surface area contributed by atoms with E-state index in [-0.39, 0.29) is 16.9 Å². The van der Waals surface area contributed by atoms with E-state index in [1.54, 1.807) is 24.5 Å². The van der Waals surface area contributed by atoms with E-state index in [2.05, 4.69) is 21.0 Å². The Labute approximate surface area is 159 Å². The van der Waals surface area contributed by atoms with Gasteiger partial charge < -0.3 is 5.73 Å². The van der Waals surface area contributed by atoms with Crippen LogP contribution in [-0.2, 0) is 5.75 Å². The number of pyridine rings is 3. The van der Waals surface area contributed by atoms with Crippen LogP contribution in [0.15, 0.2) is 47.9 Å². The molecule has 2 N–H and O–H groups in total. The molecule has 126 valence electrons. The second kappa shape index (κ2) is 7.83. The summed E-state index contributed by atoms with van der Waals surface area (Å²) in [5, 5.41) is 20.1. The fourth-order valence-electron chi connectivity index (χ4n) is 2.32. The largest absolute Gasteiger partial charge is 0.383 e. The Morgan fingerprint density at radius 1 is 1.12 bits per heavy atom. The van der Waals surface area contributed by atoms with Crippen molar-refractivity contribution < 1.29 is 0 Å². The lowest BCUT2D eigenvalue weighted by Crippen LogP contribution is -2.04. The third kappa shape index (κ3) is 3.60. The monoisotopic (exact) mass is 378 g/mol. The second-order valence-corrected chi connectivity index (χ2v) is 6.56. The molecule has 0 aliphatic heterocycles. The van der Waals surface area contributed by atoms with Gasteiger partial charge in [-0.15, -0.1) is 11.8 Å². The summed E-state index contributed by atoms with van der Waals surface area (Å²) in [6, 6.07) is 11.2. The minimum atomic E-state index is 0.0620. The quantitative estimate of drug-likeness (QED) is 0.686. The Morgan fingerprint density at radius 3 is 2.54 bits per heavy atom. The molecule has 0 aromatic carbocycles. The lowest BCUT2D eigenvalue weighted by Gasteiger charge is -2.12. The number of nitrogens with two attached hydrogens (primary N) is 1. The molecule has 0 fully saturated rings. The third-order valence-corrected chi connectivity index (χ3v) is 4.77. The number of nitriles is 2. The highest BCUT2D eigenvalue weighted by Gasteiger charge is 2.21. The fourth-order valence-corrected chi connectivity index (χ4v) is 3.36. The molecule has 0 aliphatic rings. The number of rotatable bonds is 4. The van der Waals surface area contributed by atoms with Gasteiger partial charge in [0.2, 0.25) is 0 Å². The van der Waals surface area contributed by atoms with Gasteiger partial charge in [0.25, 0.3) is 0 Å². The molecule has 3 heterocycles. The molecule has 0 spiro atoms. The molecule has 0 saturated heterocycles. The zero-order valence-corrected chi connectivity index (χ0v) is 14.9. The maximum absolute atomic E-state index is 9.70. The summed E-state index contributed by atoms with van der Waals surface area (Å²) in [7, 11) is 0. The first kappa shape index (κ1) is 17.7. The molecule has 8 heteroatoms. The Balaban J connectivity index is 2.10.